The van der Waals surface area contributed by atoms with Gasteiger partial charge in [0.15, 0.2) is 11.0 Å². The van der Waals surface area contributed by atoms with Crippen molar-refractivity contribution in [2.24, 2.45) is 0 Å². The maximum absolute atomic E-state index is 12.9. The van der Waals surface area contributed by atoms with Crippen molar-refractivity contribution in [2.45, 2.75) is 17.9 Å². The molecule has 0 bridgehead atoms. The number of benzene rings is 2. The van der Waals surface area contributed by atoms with Gasteiger partial charge in [-0.1, -0.05) is 29.8 Å². The zero-order valence-electron chi connectivity index (χ0n) is 14.8. The van der Waals surface area contributed by atoms with Crippen molar-refractivity contribution in [1.82, 2.24) is 4.90 Å². The molecule has 1 aliphatic heterocycles. The lowest BCUT2D eigenvalue weighted by atomic mass is 10.1. The average Bonchev–Trinajstić information content (AvgIpc) is 3.13. The number of piperidine rings is 1. The highest BCUT2D eigenvalue weighted by Gasteiger charge is 2.24. The molecule has 0 saturated carbocycles. The molecule has 1 atom stereocenters. The van der Waals surface area contributed by atoms with Crippen LogP contribution in [0.25, 0.3) is 11.0 Å². The van der Waals surface area contributed by atoms with E-state index in [1.165, 1.54) is 0 Å². The first kappa shape index (κ1) is 18.7. The molecular formula is C20H17ClN2O4S. The number of amides is 1. The molecule has 1 saturated heterocycles. The van der Waals surface area contributed by atoms with Gasteiger partial charge in [0.25, 0.3) is 5.91 Å². The van der Waals surface area contributed by atoms with E-state index >= 15 is 0 Å². The molecule has 3 aromatic rings. The fourth-order valence-electron chi connectivity index (χ4n) is 3.12. The second kappa shape index (κ2) is 7.77. The number of fused-ring (bicyclic) bond motifs is 1. The Morgan fingerprint density at radius 1 is 1.11 bits per heavy atom. The quantitative estimate of drug-likeness (QED) is 0.696. The van der Waals surface area contributed by atoms with Crippen molar-refractivity contribution in [2.75, 3.05) is 17.8 Å². The molecule has 1 aliphatic rings. The van der Waals surface area contributed by atoms with Crippen LogP contribution in [0, 0.1) is 0 Å². The summed E-state index contributed by atoms with van der Waals surface area (Å²) in [6.07, 6.45) is 0.708. The first-order chi connectivity index (χ1) is 13.5. The molecule has 1 aromatic heterocycles. The monoisotopic (exact) mass is 416 g/mol. The van der Waals surface area contributed by atoms with Gasteiger partial charge in [-0.05, 0) is 24.3 Å². The number of rotatable bonds is 4. The number of carbonyl (C=O) groups is 2. The molecule has 144 valence electrons. The summed E-state index contributed by atoms with van der Waals surface area (Å²) in [4.78, 5) is 26.0. The van der Waals surface area contributed by atoms with Gasteiger partial charge < -0.3 is 9.32 Å². The van der Waals surface area contributed by atoms with E-state index in [9.17, 15) is 13.8 Å². The molecule has 4 rings (SSSR count). The van der Waals surface area contributed by atoms with Gasteiger partial charge in [0.2, 0.25) is 5.09 Å². The number of nitrogens with zero attached hydrogens (tertiary/aromatic N) is 1. The Morgan fingerprint density at radius 3 is 2.61 bits per heavy atom. The van der Waals surface area contributed by atoms with Crippen LogP contribution in [0.15, 0.2) is 58.0 Å². The summed E-state index contributed by atoms with van der Waals surface area (Å²) in [5, 5.41) is 1.51. The molecular weight excluding hydrogens is 400 g/mol. The Morgan fingerprint density at radius 2 is 1.86 bits per heavy atom. The predicted molar refractivity (Wildman–Crippen MR) is 108 cm³/mol. The third-order valence-electron chi connectivity index (χ3n) is 4.61. The second-order valence-corrected chi connectivity index (χ2v) is 8.08. The normalized spacial score (nSPS) is 15.6. The van der Waals surface area contributed by atoms with E-state index in [0.29, 0.717) is 47.8 Å². The number of hydrogen-bond acceptors (Lipinski definition) is 4. The summed E-state index contributed by atoms with van der Waals surface area (Å²) in [5.41, 5.74) is 1.34. The van der Waals surface area contributed by atoms with Gasteiger partial charge in [0.1, 0.15) is 11.4 Å². The minimum absolute atomic E-state index is 0.157. The van der Waals surface area contributed by atoms with Crippen molar-refractivity contribution in [3.63, 3.8) is 0 Å². The summed E-state index contributed by atoms with van der Waals surface area (Å²) >= 11 is 6.09. The van der Waals surface area contributed by atoms with E-state index < -0.39 is 11.0 Å². The van der Waals surface area contributed by atoms with E-state index in [2.05, 4.69) is 4.72 Å². The first-order valence-corrected chi connectivity index (χ1v) is 10.3. The van der Waals surface area contributed by atoms with Crippen LogP contribution in [0.4, 0.5) is 5.69 Å². The van der Waals surface area contributed by atoms with Crippen LogP contribution in [-0.2, 0) is 15.8 Å². The summed E-state index contributed by atoms with van der Waals surface area (Å²) in [5.74, 6) is -0.0715. The number of nitrogens with one attached hydrogen (secondary N) is 1. The Kier molecular flexibility index (Phi) is 5.19. The van der Waals surface area contributed by atoms with Crippen molar-refractivity contribution in [3.05, 3.63) is 59.1 Å². The minimum Gasteiger partial charge on any atom is -0.445 e. The molecule has 0 aliphatic carbocycles. The highest BCUT2D eigenvalue weighted by molar-refractivity contribution is 7.86. The molecule has 2 heterocycles. The maximum atomic E-state index is 12.9. The second-order valence-electron chi connectivity index (χ2n) is 6.49. The lowest BCUT2D eigenvalue weighted by Gasteiger charge is -2.27. The number of furan rings is 1. The van der Waals surface area contributed by atoms with Crippen molar-refractivity contribution in [3.8, 4) is 0 Å². The van der Waals surface area contributed by atoms with E-state index in [1.54, 1.807) is 35.2 Å². The van der Waals surface area contributed by atoms with Gasteiger partial charge >= 0.3 is 0 Å². The molecule has 28 heavy (non-hydrogen) atoms. The zero-order valence-corrected chi connectivity index (χ0v) is 16.4. The fraction of sp³-hybridized carbons (Fsp3) is 0.200. The third-order valence-corrected chi connectivity index (χ3v) is 5.82. The van der Waals surface area contributed by atoms with Crippen LogP contribution in [0.2, 0.25) is 5.02 Å². The number of carbonyl (C=O) groups excluding carboxylic acids is 2. The SMILES string of the molecule is O=C1CCN(C(=O)c2ccc(Cl)cc2NS(=O)c2cc3ccccc3o2)CC1. The van der Waals surface area contributed by atoms with E-state index in [0.717, 1.165) is 5.39 Å². The van der Waals surface area contributed by atoms with Gasteiger partial charge in [-0.2, -0.15) is 0 Å². The van der Waals surface area contributed by atoms with Crippen molar-refractivity contribution < 1.29 is 18.2 Å². The molecule has 0 spiro atoms. The maximum Gasteiger partial charge on any atom is 0.256 e. The smallest absolute Gasteiger partial charge is 0.256 e. The van der Waals surface area contributed by atoms with Crippen LogP contribution in [0.5, 0.6) is 0 Å². The van der Waals surface area contributed by atoms with Crippen molar-refractivity contribution >= 4 is 50.9 Å². The summed E-state index contributed by atoms with van der Waals surface area (Å²) < 4.78 is 21.3. The van der Waals surface area contributed by atoms with Crippen LogP contribution in [0.3, 0.4) is 0 Å². The van der Waals surface area contributed by atoms with Crippen LogP contribution >= 0.6 is 11.6 Å². The molecule has 1 N–H and O–H groups in total. The molecule has 2 aromatic carbocycles. The third kappa shape index (κ3) is 3.81. The lowest BCUT2D eigenvalue weighted by molar-refractivity contribution is -0.120. The summed E-state index contributed by atoms with van der Waals surface area (Å²) in [6, 6.07) is 13.8. The number of para-hydroxylation sites is 1. The van der Waals surface area contributed by atoms with Gasteiger partial charge in [-0.15, -0.1) is 0 Å². The summed E-state index contributed by atoms with van der Waals surface area (Å²) in [7, 11) is -1.71. The Hall–Kier alpha value is -2.64. The number of anilines is 1. The number of ketones is 1. The van der Waals surface area contributed by atoms with Crippen LogP contribution in [0.1, 0.15) is 23.2 Å². The number of Topliss-reactive ketones (excluding diaryl/α,β-unsaturated/α-hetero) is 1. The topological polar surface area (TPSA) is 79.6 Å². The van der Waals surface area contributed by atoms with E-state index in [4.69, 9.17) is 16.0 Å². The molecule has 1 unspecified atom stereocenters. The standard InChI is InChI=1S/C20H17ClN2O4S/c21-14-5-6-16(20(25)23-9-7-15(24)8-10-23)17(12-14)22-28(26)19-11-13-3-1-2-4-18(13)27-19/h1-6,11-12,22H,7-10H2. The largest absolute Gasteiger partial charge is 0.445 e. The van der Waals surface area contributed by atoms with Crippen LogP contribution in [-0.4, -0.2) is 33.9 Å². The zero-order chi connectivity index (χ0) is 19.7. The molecule has 6 nitrogen and oxygen atoms in total. The minimum atomic E-state index is -1.71. The predicted octanol–water partition coefficient (Wildman–Crippen LogP) is 4.03. The molecule has 0 radical (unpaired) electrons. The highest BCUT2D eigenvalue weighted by Crippen LogP contribution is 2.27. The fourth-order valence-corrected chi connectivity index (χ4v) is 4.16. The van der Waals surface area contributed by atoms with E-state index in [1.807, 2.05) is 18.2 Å². The van der Waals surface area contributed by atoms with Gasteiger partial charge in [0, 0.05) is 42.4 Å². The Balaban J connectivity index is 1.60. The van der Waals surface area contributed by atoms with Gasteiger partial charge in [-0.25, -0.2) is 4.21 Å². The Bertz CT molecular complexity index is 1050. The lowest BCUT2D eigenvalue weighted by Crippen LogP contribution is -2.38. The molecule has 8 heteroatoms. The summed E-state index contributed by atoms with van der Waals surface area (Å²) in [6.45, 7) is 0.763. The average molecular weight is 417 g/mol. The highest BCUT2D eigenvalue weighted by atomic mass is 35.5. The van der Waals surface area contributed by atoms with Gasteiger partial charge in [-0.3, -0.25) is 14.3 Å². The number of hydrogen-bond donors (Lipinski definition) is 1. The van der Waals surface area contributed by atoms with E-state index in [-0.39, 0.29) is 16.8 Å². The van der Waals surface area contributed by atoms with Gasteiger partial charge in [0.05, 0.1) is 11.3 Å². The molecule has 1 fully saturated rings. The number of halogens is 1. The number of likely N-dealkylation sites (tertiary alicyclic amines) is 1. The van der Waals surface area contributed by atoms with Crippen molar-refractivity contribution in [1.29, 1.82) is 0 Å². The molecule has 1 amide bonds. The Labute approximate surface area is 169 Å². The van der Waals surface area contributed by atoms with Crippen LogP contribution < -0.4 is 4.72 Å². The first-order valence-electron chi connectivity index (χ1n) is 8.79.